The maximum absolute atomic E-state index is 12.3. The molecule has 1 aromatic rings. The monoisotopic (exact) mass is 293 g/mol. The van der Waals surface area contributed by atoms with Gasteiger partial charge in [0.25, 0.3) is 10.0 Å². The van der Waals surface area contributed by atoms with Gasteiger partial charge < -0.3 is 5.11 Å². The molecular weight excluding hydrogens is 278 g/mol. The normalized spacial score (nSPS) is 12.0. The Morgan fingerprint density at radius 3 is 2.61 bits per heavy atom. The van der Waals surface area contributed by atoms with Crippen LogP contribution in [0.25, 0.3) is 0 Å². The van der Waals surface area contributed by atoms with Gasteiger partial charge in [0, 0.05) is 6.54 Å². The zero-order valence-electron chi connectivity index (χ0n) is 10.3. The van der Waals surface area contributed by atoms with Gasteiger partial charge in [-0.1, -0.05) is 11.4 Å². The number of thiophene rings is 1. The number of hydroxylamine groups is 1. The molecule has 0 aliphatic carbocycles. The Balaban J connectivity index is 3.35. The van der Waals surface area contributed by atoms with Gasteiger partial charge in [0.2, 0.25) is 0 Å². The first-order valence-corrected chi connectivity index (χ1v) is 7.56. The van der Waals surface area contributed by atoms with Gasteiger partial charge in [-0.25, -0.2) is 13.2 Å². The molecule has 1 heterocycles. The molecule has 8 heteroatoms. The Morgan fingerprint density at radius 1 is 1.56 bits per heavy atom. The minimum Gasteiger partial charge on any atom is -0.477 e. The summed E-state index contributed by atoms with van der Waals surface area (Å²) < 4.78 is 25.4. The predicted octanol–water partition coefficient (Wildman–Crippen LogP) is 1.72. The van der Waals surface area contributed by atoms with E-state index in [0.29, 0.717) is 12.0 Å². The molecule has 1 N–H and O–H groups in total. The van der Waals surface area contributed by atoms with Crippen LogP contribution in [0.1, 0.15) is 28.6 Å². The van der Waals surface area contributed by atoms with Crippen LogP contribution in [0, 0.1) is 6.92 Å². The third-order valence-electron chi connectivity index (χ3n) is 2.25. The molecule has 0 aromatic carbocycles. The summed E-state index contributed by atoms with van der Waals surface area (Å²) in [5.41, 5.74) is 0.413. The third-order valence-corrected chi connectivity index (χ3v) is 5.37. The van der Waals surface area contributed by atoms with Crippen molar-refractivity contribution in [3.63, 3.8) is 0 Å². The highest BCUT2D eigenvalue weighted by Crippen LogP contribution is 2.29. The first-order chi connectivity index (χ1) is 8.36. The van der Waals surface area contributed by atoms with Crippen molar-refractivity contribution in [1.82, 2.24) is 4.47 Å². The zero-order valence-corrected chi connectivity index (χ0v) is 12.0. The number of carbonyl (C=O) groups is 1. The van der Waals surface area contributed by atoms with E-state index in [9.17, 15) is 13.2 Å². The van der Waals surface area contributed by atoms with Crippen molar-refractivity contribution in [1.29, 1.82) is 0 Å². The summed E-state index contributed by atoms with van der Waals surface area (Å²) in [5.74, 6) is -1.25. The highest BCUT2D eigenvalue weighted by Gasteiger charge is 2.32. The number of aryl methyl sites for hydroxylation is 1. The van der Waals surface area contributed by atoms with Crippen LogP contribution in [0.5, 0.6) is 0 Å². The SMILES string of the molecule is CCCN(OC)S(=O)(=O)c1c(C)csc1C(=O)O. The predicted molar refractivity (Wildman–Crippen MR) is 67.2 cm³/mol. The van der Waals surface area contributed by atoms with Gasteiger partial charge in [-0.05, 0) is 24.3 Å². The molecule has 0 aliphatic rings. The van der Waals surface area contributed by atoms with Gasteiger partial charge in [-0.15, -0.1) is 11.3 Å². The van der Waals surface area contributed by atoms with Crippen LogP contribution in [-0.4, -0.2) is 37.6 Å². The Morgan fingerprint density at radius 2 is 2.17 bits per heavy atom. The smallest absolute Gasteiger partial charge is 0.347 e. The van der Waals surface area contributed by atoms with Crippen molar-refractivity contribution in [3.8, 4) is 0 Å². The summed E-state index contributed by atoms with van der Waals surface area (Å²) in [6.45, 7) is 3.54. The number of sulfonamides is 1. The second-order valence-electron chi connectivity index (χ2n) is 3.60. The Bertz CT molecular complexity index is 534. The molecule has 0 saturated carbocycles. The van der Waals surface area contributed by atoms with Crippen molar-refractivity contribution in [2.75, 3.05) is 13.7 Å². The molecule has 0 unspecified atom stereocenters. The molecule has 0 atom stereocenters. The standard InChI is InChI=1S/C10H15NO5S2/c1-4-5-11(16-3)18(14,15)9-7(2)6-17-8(9)10(12)13/h6H,4-5H2,1-3H3,(H,12,13). The fourth-order valence-corrected chi connectivity index (χ4v) is 4.42. The Labute approximate surface area is 110 Å². The molecule has 1 rings (SSSR count). The number of aromatic carboxylic acids is 1. The number of carboxylic acid groups (broad SMARTS) is 1. The number of nitrogens with zero attached hydrogens (tertiary/aromatic N) is 1. The zero-order chi connectivity index (χ0) is 13.9. The maximum Gasteiger partial charge on any atom is 0.347 e. The van der Waals surface area contributed by atoms with E-state index in [2.05, 4.69) is 0 Å². The van der Waals surface area contributed by atoms with E-state index in [1.807, 2.05) is 0 Å². The molecule has 0 fully saturated rings. The van der Waals surface area contributed by atoms with Crippen LogP contribution in [0.2, 0.25) is 0 Å². The topological polar surface area (TPSA) is 83.9 Å². The Kier molecular flexibility index (Phi) is 4.85. The molecule has 0 radical (unpaired) electrons. The van der Waals surface area contributed by atoms with Crippen molar-refractivity contribution < 1.29 is 23.2 Å². The van der Waals surface area contributed by atoms with E-state index >= 15 is 0 Å². The quantitative estimate of drug-likeness (QED) is 0.807. The van der Waals surface area contributed by atoms with E-state index in [4.69, 9.17) is 9.94 Å². The lowest BCUT2D eigenvalue weighted by Gasteiger charge is -2.19. The largest absolute Gasteiger partial charge is 0.477 e. The van der Waals surface area contributed by atoms with Gasteiger partial charge in [0.15, 0.2) is 0 Å². The van der Waals surface area contributed by atoms with E-state index in [-0.39, 0.29) is 16.3 Å². The van der Waals surface area contributed by atoms with E-state index in [0.717, 1.165) is 15.8 Å². The average Bonchev–Trinajstić information content (AvgIpc) is 2.68. The van der Waals surface area contributed by atoms with Crippen LogP contribution in [0.15, 0.2) is 10.3 Å². The molecule has 0 amide bonds. The van der Waals surface area contributed by atoms with E-state index in [1.165, 1.54) is 12.5 Å². The number of carboxylic acids is 1. The van der Waals surface area contributed by atoms with Gasteiger partial charge in [-0.3, -0.25) is 4.84 Å². The van der Waals surface area contributed by atoms with Crippen molar-refractivity contribution in [3.05, 3.63) is 15.8 Å². The number of hydrogen-bond donors (Lipinski definition) is 1. The minimum absolute atomic E-state index is 0.174. The van der Waals surface area contributed by atoms with E-state index in [1.54, 1.807) is 13.8 Å². The van der Waals surface area contributed by atoms with Crippen molar-refractivity contribution in [2.45, 2.75) is 25.2 Å². The molecule has 6 nitrogen and oxygen atoms in total. The van der Waals surface area contributed by atoms with Crippen LogP contribution < -0.4 is 0 Å². The van der Waals surface area contributed by atoms with Crippen LogP contribution in [-0.2, 0) is 14.9 Å². The van der Waals surface area contributed by atoms with E-state index < -0.39 is 16.0 Å². The maximum atomic E-state index is 12.3. The summed E-state index contributed by atoms with van der Waals surface area (Å²) in [4.78, 5) is 15.5. The number of hydrogen-bond acceptors (Lipinski definition) is 5. The van der Waals surface area contributed by atoms with Crippen LogP contribution in [0.3, 0.4) is 0 Å². The highest BCUT2D eigenvalue weighted by molar-refractivity contribution is 7.89. The molecule has 0 bridgehead atoms. The summed E-state index contributed by atoms with van der Waals surface area (Å²) in [7, 11) is -2.69. The number of rotatable bonds is 6. The minimum atomic E-state index is -3.94. The molecule has 102 valence electrons. The summed E-state index contributed by atoms with van der Waals surface area (Å²) >= 11 is 0.896. The summed E-state index contributed by atoms with van der Waals surface area (Å²) in [6.07, 6.45) is 0.568. The molecule has 1 aromatic heterocycles. The molecule has 0 aliphatic heterocycles. The first kappa shape index (κ1) is 15.1. The fourth-order valence-electron chi connectivity index (χ4n) is 1.50. The highest BCUT2D eigenvalue weighted by atomic mass is 32.2. The Hall–Kier alpha value is -0.960. The fraction of sp³-hybridized carbons (Fsp3) is 0.500. The molecular formula is C10H15NO5S2. The second kappa shape index (κ2) is 5.79. The van der Waals surface area contributed by atoms with Crippen molar-refractivity contribution >= 4 is 27.3 Å². The second-order valence-corrected chi connectivity index (χ2v) is 6.24. The van der Waals surface area contributed by atoms with Gasteiger partial charge in [0.05, 0.1) is 7.11 Å². The van der Waals surface area contributed by atoms with Gasteiger partial charge >= 0.3 is 5.97 Å². The lowest BCUT2D eigenvalue weighted by atomic mass is 10.3. The summed E-state index contributed by atoms with van der Waals surface area (Å²) in [5, 5.41) is 10.5. The van der Waals surface area contributed by atoms with Crippen molar-refractivity contribution in [2.24, 2.45) is 0 Å². The average molecular weight is 293 g/mol. The molecule has 0 saturated heterocycles. The van der Waals surface area contributed by atoms with Gasteiger partial charge in [0.1, 0.15) is 9.77 Å². The summed E-state index contributed by atoms with van der Waals surface area (Å²) in [6, 6.07) is 0. The molecule has 0 spiro atoms. The first-order valence-electron chi connectivity index (χ1n) is 5.24. The van der Waals surface area contributed by atoms with Crippen LogP contribution >= 0.6 is 11.3 Å². The molecule has 18 heavy (non-hydrogen) atoms. The van der Waals surface area contributed by atoms with Crippen LogP contribution in [0.4, 0.5) is 0 Å². The lowest BCUT2D eigenvalue weighted by molar-refractivity contribution is -0.0483. The lowest BCUT2D eigenvalue weighted by Crippen LogP contribution is -2.31. The third kappa shape index (κ3) is 2.72. The van der Waals surface area contributed by atoms with Gasteiger partial charge in [-0.2, -0.15) is 0 Å².